The molecule has 0 aliphatic carbocycles. The average Bonchev–Trinajstić information content (AvgIpc) is 2.94. The molecule has 1 aromatic rings. The summed E-state index contributed by atoms with van der Waals surface area (Å²) in [5, 5.41) is 12.3. The SMILES string of the molecule is CCSC1CCC([N+](=O)[O-])=C2N(Cc3ccc(Cl)nc3)CCN21. The number of aromatic nitrogens is 1. The van der Waals surface area contributed by atoms with Crippen LogP contribution in [0.25, 0.3) is 0 Å². The maximum Gasteiger partial charge on any atom is 0.286 e. The van der Waals surface area contributed by atoms with Crippen LogP contribution in [0.2, 0.25) is 5.15 Å². The van der Waals surface area contributed by atoms with Crippen molar-refractivity contribution in [2.75, 3.05) is 18.8 Å². The Bertz CT molecular complexity index is 622. The largest absolute Gasteiger partial charge is 0.347 e. The van der Waals surface area contributed by atoms with Crippen molar-refractivity contribution in [3.8, 4) is 0 Å². The molecule has 124 valence electrons. The lowest BCUT2D eigenvalue weighted by Gasteiger charge is -2.34. The Morgan fingerprint density at radius 1 is 1.48 bits per heavy atom. The summed E-state index contributed by atoms with van der Waals surface area (Å²) in [6.07, 6.45) is 3.11. The normalized spacial score (nSPS) is 20.9. The fourth-order valence-corrected chi connectivity index (χ4v) is 4.36. The summed E-state index contributed by atoms with van der Waals surface area (Å²) in [4.78, 5) is 19.7. The number of nitro groups is 1. The molecule has 1 unspecified atom stereocenters. The fraction of sp³-hybridized carbons (Fsp3) is 0.533. The van der Waals surface area contributed by atoms with E-state index in [9.17, 15) is 10.1 Å². The molecule has 1 fully saturated rings. The summed E-state index contributed by atoms with van der Waals surface area (Å²) in [6.45, 7) is 4.39. The molecule has 0 saturated carbocycles. The van der Waals surface area contributed by atoms with Gasteiger partial charge in [-0.3, -0.25) is 10.1 Å². The van der Waals surface area contributed by atoms with E-state index in [0.29, 0.717) is 29.2 Å². The van der Waals surface area contributed by atoms with Gasteiger partial charge < -0.3 is 9.80 Å². The van der Waals surface area contributed by atoms with Gasteiger partial charge in [-0.1, -0.05) is 24.6 Å². The smallest absolute Gasteiger partial charge is 0.286 e. The quantitative estimate of drug-likeness (QED) is 0.460. The molecular formula is C15H19ClN4O2S. The van der Waals surface area contributed by atoms with Crippen LogP contribution in [0.5, 0.6) is 0 Å². The minimum atomic E-state index is -0.215. The van der Waals surface area contributed by atoms with Crippen LogP contribution in [-0.4, -0.2) is 43.9 Å². The molecule has 23 heavy (non-hydrogen) atoms. The van der Waals surface area contributed by atoms with Gasteiger partial charge >= 0.3 is 0 Å². The van der Waals surface area contributed by atoms with Gasteiger partial charge in [-0.2, -0.15) is 0 Å². The maximum absolute atomic E-state index is 11.5. The van der Waals surface area contributed by atoms with Crippen LogP contribution in [-0.2, 0) is 6.54 Å². The van der Waals surface area contributed by atoms with Gasteiger partial charge in [0, 0.05) is 32.3 Å². The molecular weight excluding hydrogens is 336 g/mol. The lowest BCUT2D eigenvalue weighted by Crippen LogP contribution is -2.37. The first-order valence-electron chi connectivity index (χ1n) is 7.71. The van der Waals surface area contributed by atoms with Crippen molar-refractivity contribution < 1.29 is 4.92 Å². The molecule has 6 nitrogen and oxygen atoms in total. The number of thioether (sulfide) groups is 1. The summed E-state index contributed by atoms with van der Waals surface area (Å²) in [5.74, 6) is 1.81. The van der Waals surface area contributed by atoms with Gasteiger partial charge in [-0.15, -0.1) is 11.8 Å². The first kappa shape index (κ1) is 16.4. The molecule has 3 heterocycles. The number of halogens is 1. The highest BCUT2D eigenvalue weighted by Crippen LogP contribution is 2.38. The third-order valence-electron chi connectivity index (χ3n) is 4.16. The van der Waals surface area contributed by atoms with Crippen molar-refractivity contribution in [3.05, 3.63) is 50.7 Å². The average molecular weight is 355 g/mol. The van der Waals surface area contributed by atoms with Gasteiger partial charge in [0.05, 0.1) is 10.3 Å². The number of nitrogens with zero attached hydrogens (tertiary/aromatic N) is 4. The van der Waals surface area contributed by atoms with E-state index in [0.717, 1.165) is 36.6 Å². The third kappa shape index (κ3) is 3.40. The van der Waals surface area contributed by atoms with E-state index in [4.69, 9.17) is 11.6 Å². The molecule has 3 rings (SSSR count). The molecule has 0 spiro atoms. The van der Waals surface area contributed by atoms with Gasteiger partial charge in [0.2, 0.25) is 0 Å². The predicted octanol–water partition coefficient (Wildman–Crippen LogP) is 3.17. The molecule has 1 saturated heterocycles. The first-order valence-corrected chi connectivity index (χ1v) is 9.14. The van der Waals surface area contributed by atoms with Gasteiger partial charge in [0.1, 0.15) is 5.15 Å². The van der Waals surface area contributed by atoms with Crippen molar-refractivity contribution in [2.24, 2.45) is 0 Å². The van der Waals surface area contributed by atoms with Crippen molar-refractivity contribution in [1.82, 2.24) is 14.8 Å². The van der Waals surface area contributed by atoms with E-state index in [-0.39, 0.29) is 4.92 Å². The highest BCUT2D eigenvalue weighted by atomic mass is 35.5. The lowest BCUT2D eigenvalue weighted by molar-refractivity contribution is -0.432. The first-order chi connectivity index (χ1) is 11.1. The van der Waals surface area contributed by atoms with Crippen LogP contribution in [0.4, 0.5) is 0 Å². The van der Waals surface area contributed by atoms with E-state index in [1.807, 2.05) is 17.8 Å². The monoisotopic (exact) mass is 354 g/mol. The van der Waals surface area contributed by atoms with Gasteiger partial charge in [0.25, 0.3) is 5.70 Å². The van der Waals surface area contributed by atoms with Crippen LogP contribution in [0.1, 0.15) is 25.3 Å². The molecule has 0 aromatic carbocycles. The zero-order valence-corrected chi connectivity index (χ0v) is 14.5. The van der Waals surface area contributed by atoms with E-state index in [1.54, 1.807) is 12.3 Å². The summed E-state index contributed by atoms with van der Waals surface area (Å²) in [7, 11) is 0. The van der Waals surface area contributed by atoms with Crippen LogP contribution >= 0.6 is 23.4 Å². The molecule has 0 bridgehead atoms. The number of fused-ring (bicyclic) bond motifs is 1. The van der Waals surface area contributed by atoms with Crippen molar-refractivity contribution in [2.45, 2.75) is 31.7 Å². The van der Waals surface area contributed by atoms with Crippen LogP contribution < -0.4 is 0 Å². The molecule has 1 atom stereocenters. The Balaban J connectivity index is 1.86. The van der Waals surface area contributed by atoms with Crippen molar-refractivity contribution in [1.29, 1.82) is 0 Å². The minimum absolute atomic E-state index is 0.215. The van der Waals surface area contributed by atoms with Crippen molar-refractivity contribution in [3.63, 3.8) is 0 Å². The Kier molecular flexibility index (Phi) is 4.96. The molecule has 2 aliphatic heterocycles. The number of pyridine rings is 1. The molecule has 8 heteroatoms. The second-order valence-corrected chi connectivity index (χ2v) is 7.42. The zero-order valence-electron chi connectivity index (χ0n) is 12.9. The molecule has 0 radical (unpaired) electrons. The molecule has 1 aromatic heterocycles. The minimum Gasteiger partial charge on any atom is -0.347 e. The van der Waals surface area contributed by atoms with Gasteiger partial charge in [-0.25, -0.2) is 4.98 Å². The molecule has 0 N–H and O–H groups in total. The Morgan fingerprint density at radius 3 is 2.96 bits per heavy atom. The second-order valence-electron chi connectivity index (χ2n) is 5.58. The standard InChI is InChI=1S/C15H19ClN4O2S/c1-2-23-14-6-4-12(20(21)22)15-18(7-8-19(14)15)10-11-3-5-13(16)17-9-11/h3,5,9,14H,2,4,6-8,10H2,1H3. The maximum atomic E-state index is 11.5. The Morgan fingerprint density at radius 2 is 2.30 bits per heavy atom. The highest BCUT2D eigenvalue weighted by molar-refractivity contribution is 7.99. The highest BCUT2D eigenvalue weighted by Gasteiger charge is 2.41. The van der Waals surface area contributed by atoms with Gasteiger partial charge in [-0.05, 0) is 23.8 Å². The van der Waals surface area contributed by atoms with E-state index in [1.165, 1.54) is 0 Å². The van der Waals surface area contributed by atoms with Crippen molar-refractivity contribution >= 4 is 23.4 Å². The molecule has 2 aliphatic rings. The Labute approximate surface area is 144 Å². The van der Waals surface area contributed by atoms with Crippen LogP contribution in [0.3, 0.4) is 0 Å². The number of hydrogen-bond donors (Lipinski definition) is 0. The zero-order chi connectivity index (χ0) is 16.4. The summed E-state index contributed by atoms with van der Waals surface area (Å²) in [6, 6.07) is 3.68. The van der Waals surface area contributed by atoms with E-state index in [2.05, 4.69) is 21.7 Å². The number of allylic oxidation sites excluding steroid dienone is 1. The second kappa shape index (κ2) is 6.97. The number of hydrogen-bond acceptors (Lipinski definition) is 6. The fourth-order valence-electron chi connectivity index (χ4n) is 3.19. The number of rotatable bonds is 5. The summed E-state index contributed by atoms with van der Waals surface area (Å²) < 4.78 is 0. The van der Waals surface area contributed by atoms with Crippen LogP contribution in [0, 0.1) is 10.1 Å². The Hall–Kier alpha value is -1.47. The van der Waals surface area contributed by atoms with Gasteiger partial charge in [0.15, 0.2) is 5.82 Å². The molecule has 0 amide bonds. The van der Waals surface area contributed by atoms with Crippen LogP contribution in [0.15, 0.2) is 29.8 Å². The topological polar surface area (TPSA) is 62.5 Å². The lowest BCUT2D eigenvalue weighted by atomic mass is 10.1. The summed E-state index contributed by atoms with van der Waals surface area (Å²) in [5.41, 5.74) is 1.36. The van der Waals surface area contributed by atoms with E-state index < -0.39 is 0 Å². The van der Waals surface area contributed by atoms with E-state index >= 15 is 0 Å². The third-order valence-corrected chi connectivity index (χ3v) is 5.59. The predicted molar refractivity (Wildman–Crippen MR) is 91.5 cm³/mol. The summed E-state index contributed by atoms with van der Waals surface area (Å²) >= 11 is 7.69.